The summed E-state index contributed by atoms with van der Waals surface area (Å²) < 4.78 is 10.8. The molecule has 30 heavy (non-hydrogen) atoms. The summed E-state index contributed by atoms with van der Waals surface area (Å²) in [6.45, 7) is 9.34. The molecule has 2 amide bonds. The molecule has 7 nitrogen and oxygen atoms in total. The quantitative estimate of drug-likeness (QED) is 0.467. The highest BCUT2D eigenvalue weighted by Crippen LogP contribution is 2.28. The molecule has 0 radical (unpaired) electrons. The molecule has 1 aliphatic heterocycles. The summed E-state index contributed by atoms with van der Waals surface area (Å²) in [6.07, 6.45) is 2.55. The van der Waals surface area contributed by atoms with Crippen molar-refractivity contribution in [3.05, 3.63) is 29.8 Å². The maximum atomic E-state index is 12.7. The first-order valence-electron chi connectivity index (χ1n) is 10.7. The van der Waals surface area contributed by atoms with Crippen molar-refractivity contribution in [3.8, 4) is 5.75 Å². The van der Waals surface area contributed by atoms with Gasteiger partial charge in [0.2, 0.25) is 5.91 Å². The average Bonchev–Trinajstić information content (AvgIpc) is 2.74. The van der Waals surface area contributed by atoms with Gasteiger partial charge in [0, 0.05) is 13.1 Å². The molecule has 0 aromatic heterocycles. The largest absolute Gasteiger partial charge is 0.484 e. The Balaban J connectivity index is 1.94. The van der Waals surface area contributed by atoms with Gasteiger partial charge in [-0.05, 0) is 36.0 Å². The average molecular weight is 419 g/mol. The minimum Gasteiger partial charge on any atom is -0.484 e. The highest BCUT2D eigenvalue weighted by atomic mass is 16.5. The number of hydrogen-bond donors (Lipinski definition) is 1. The van der Waals surface area contributed by atoms with Crippen LogP contribution in [0.25, 0.3) is 0 Å². The Kier molecular flexibility index (Phi) is 8.69. The van der Waals surface area contributed by atoms with Crippen molar-refractivity contribution in [2.75, 3.05) is 26.3 Å². The molecular formula is C23H34N2O5. The smallest absolute Gasteiger partial charge is 0.308 e. The number of carbonyl (C=O) groups excluding carboxylic acids is 3. The van der Waals surface area contributed by atoms with Crippen LogP contribution in [0.5, 0.6) is 5.75 Å². The second kappa shape index (κ2) is 11.0. The standard InChI is InChI=1S/C23H34N2O5/c1-5-7-14-29-21(27)15-19-22(28)24-12-13-25(19)20(26)16-30-18-10-8-17(9-11-18)23(3,4)6-2/h8-11,19H,5-7,12-16H2,1-4H3,(H,24,28). The van der Waals surface area contributed by atoms with Crippen LogP contribution in [-0.4, -0.2) is 55.0 Å². The maximum Gasteiger partial charge on any atom is 0.308 e. The number of hydrogen-bond acceptors (Lipinski definition) is 5. The van der Waals surface area contributed by atoms with Crippen LogP contribution in [0, 0.1) is 0 Å². The van der Waals surface area contributed by atoms with Gasteiger partial charge in [-0.15, -0.1) is 0 Å². The molecule has 0 bridgehead atoms. The number of ether oxygens (including phenoxy) is 2. The summed E-state index contributed by atoms with van der Waals surface area (Å²) >= 11 is 0. The zero-order chi connectivity index (χ0) is 22.1. The number of unbranched alkanes of at least 4 members (excludes halogenated alkanes) is 1. The molecule has 1 fully saturated rings. The van der Waals surface area contributed by atoms with Crippen LogP contribution in [0.1, 0.15) is 58.9 Å². The predicted molar refractivity (Wildman–Crippen MR) is 114 cm³/mol. The second-order valence-electron chi connectivity index (χ2n) is 8.22. The predicted octanol–water partition coefficient (Wildman–Crippen LogP) is 2.81. The monoisotopic (exact) mass is 418 g/mol. The summed E-state index contributed by atoms with van der Waals surface area (Å²) in [5.74, 6) is -0.545. The summed E-state index contributed by atoms with van der Waals surface area (Å²) in [7, 11) is 0. The van der Waals surface area contributed by atoms with E-state index in [9.17, 15) is 14.4 Å². The van der Waals surface area contributed by atoms with Crippen LogP contribution in [0.3, 0.4) is 0 Å². The molecule has 1 unspecified atom stereocenters. The maximum absolute atomic E-state index is 12.7. The first kappa shape index (κ1) is 23.7. The molecule has 1 aromatic rings. The Morgan fingerprint density at radius 1 is 1.20 bits per heavy atom. The van der Waals surface area contributed by atoms with E-state index in [0.717, 1.165) is 19.3 Å². The molecule has 7 heteroatoms. The van der Waals surface area contributed by atoms with Gasteiger partial charge in [0.05, 0.1) is 13.0 Å². The molecule has 1 heterocycles. The fraction of sp³-hybridized carbons (Fsp3) is 0.609. The Labute approximate surface area is 179 Å². The van der Waals surface area contributed by atoms with Gasteiger partial charge in [-0.3, -0.25) is 14.4 Å². The fourth-order valence-electron chi connectivity index (χ4n) is 3.20. The number of piperazine rings is 1. The van der Waals surface area contributed by atoms with E-state index in [1.54, 1.807) is 0 Å². The Morgan fingerprint density at radius 2 is 1.90 bits per heavy atom. The second-order valence-corrected chi connectivity index (χ2v) is 8.22. The highest BCUT2D eigenvalue weighted by molar-refractivity contribution is 5.92. The Morgan fingerprint density at radius 3 is 2.53 bits per heavy atom. The third kappa shape index (κ3) is 6.47. The Hall–Kier alpha value is -2.57. The highest BCUT2D eigenvalue weighted by Gasteiger charge is 2.35. The first-order valence-corrected chi connectivity index (χ1v) is 10.7. The van der Waals surface area contributed by atoms with Gasteiger partial charge in [0.15, 0.2) is 6.61 Å². The van der Waals surface area contributed by atoms with Crippen LogP contribution < -0.4 is 10.1 Å². The molecule has 1 aromatic carbocycles. The minimum absolute atomic E-state index is 0.0778. The lowest BCUT2D eigenvalue weighted by Crippen LogP contribution is -2.58. The summed E-state index contributed by atoms with van der Waals surface area (Å²) in [4.78, 5) is 38.4. The van der Waals surface area contributed by atoms with E-state index in [0.29, 0.717) is 25.4 Å². The van der Waals surface area contributed by atoms with E-state index in [1.807, 2.05) is 31.2 Å². The van der Waals surface area contributed by atoms with Crippen molar-refractivity contribution in [2.24, 2.45) is 0 Å². The van der Waals surface area contributed by atoms with Gasteiger partial charge in [-0.1, -0.05) is 46.2 Å². The molecule has 1 N–H and O–H groups in total. The van der Waals surface area contributed by atoms with E-state index in [-0.39, 0.29) is 30.3 Å². The van der Waals surface area contributed by atoms with E-state index < -0.39 is 12.0 Å². The number of rotatable bonds is 10. The van der Waals surface area contributed by atoms with Gasteiger partial charge in [0.1, 0.15) is 11.8 Å². The topological polar surface area (TPSA) is 84.9 Å². The van der Waals surface area contributed by atoms with Crippen molar-refractivity contribution < 1.29 is 23.9 Å². The lowest BCUT2D eigenvalue weighted by molar-refractivity contribution is -0.152. The van der Waals surface area contributed by atoms with E-state index in [2.05, 4.69) is 26.1 Å². The normalized spacial score (nSPS) is 16.7. The van der Waals surface area contributed by atoms with E-state index in [4.69, 9.17) is 9.47 Å². The first-order chi connectivity index (χ1) is 14.3. The SMILES string of the molecule is CCCCOC(=O)CC1C(=O)NCCN1C(=O)COc1ccc(C(C)(C)CC)cc1. The van der Waals surface area contributed by atoms with Crippen molar-refractivity contribution in [3.63, 3.8) is 0 Å². The molecule has 0 spiro atoms. The number of amides is 2. The lowest BCUT2D eigenvalue weighted by atomic mass is 9.82. The molecule has 1 aliphatic rings. The van der Waals surface area contributed by atoms with Crippen LogP contribution >= 0.6 is 0 Å². The fourth-order valence-corrected chi connectivity index (χ4v) is 3.20. The van der Waals surface area contributed by atoms with Gasteiger partial charge in [-0.25, -0.2) is 0 Å². The zero-order valence-electron chi connectivity index (χ0n) is 18.5. The van der Waals surface area contributed by atoms with Crippen LogP contribution in [-0.2, 0) is 24.5 Å². The van der Waals surface area contributed by atoms with Crippen molar-refractivity contribution in [1.29, 1.82) is 0 Å². The van der Waals surface area contributed by atoms with Crippen LogP contribution in [0.15, 0.2) is 24.3 Å². The summed E-state index contributed by atoms with van der Waals surface area (Å²) in [6, 6.07) is 6.85. The van der Waals surface area contributed by atoms with Gasteiger partial charge < -0.3 is 19.7 Å². The van der Waals surface area contributed by atoms with E-state index >= 15 is 0 Å². The number of benzene rings is 1. The molecule has 1 saturated heterocycles. The number of esters is 1. The molecule has 0 aliphatic carbocycles. The summed E-state index contributed by atoms with van der Waals surface area (Å²) in [5, 5.41) is 2.71. The molecule has 1 atom stereocenters. The van der Waals surface area contributed by atoms with Gasteiger partial charge in [0.25, 0.3) is 5.91 Å². The van der Waals surface area contributed by atoms with Crippen molar-refractivity contribution >= 4 is 17.8 Å². The van der Waals surface area contributed by atoms with Gasteiger partial charge in [-0.2, -0.15) is 0 Å². The molecule has 166 valence electrons. The molecule has 2 rings (SSSR count). The Bertz CT molecular complexity index is 730. The van der Waals surface area contributed by atoms with Crippen LogP contribution in [0.4, 0.5) is 0 Å². The lowest BCUT2D eigenvalue weighted by Gasteiger charge is -2.34. The molecular weight excluding hydrogens is 384 g/mol. The van der Waals surface area contributed by atoms with Crippen molar-refractivity contribution in [1.82, 2.24) is 10.2 Å². The number of nitrogens with zero attached hydrogens (tertiary/aromatic N) is 1. The third-order valence-electron chi connectivity index (χ3n) is 5.65. The third-order valence-corrected chi connectivity index (χ3v) is 5.65. The van der Waals surface area contributed by atoms with Crippen LogP contribution in [0.2, 0.25) is 0 Å². The van der Waals surface area contributed by atoms with Gasteiger partial charge >= 0.3 is 5.97 Å². The van der Waals surface area contributed by atoms with E-state index in [1.165, 1.54) is 10.5 Å². The number of carbonyl (C=O) groups is 3. The minimum atomic E-state index is -0.864. The number of nitrogens with one attached hydrogen (secondary N) is 1. The molecule has 0 saturated carbocycles. The van der Waals surface area contributed by atoms with Crippen molar-refractivity contribution in [2.45, 2.75) is 64.8 Å². The summed E-state index contributed by atoms with van der Waals surface area (Å²) in [5.41, 5.74) is 1.28. The zero-order valence-corrected chi connectivity index (χ0v) is 18.5.